The molecule has 0 spiro atoms. The molecular weight excluding hydrogens is 266 g/mol. The van der Waals surface area contributed by atoms with Crippen LogP contribution in [0.25, 0.3) is 0 Å². The third-order valence-electron chi connectivity index (χ3n) is 3.26. The fourth-order valence-electron chi connectivity index (χ4n) is 2.24. The van der Waals surface area contributed by atoms with Gasteiger partial charge < -0.3 is 14.8 Å². The quantitative estimate of drug-likeness (QED) is 0.851. The first-order valence-electron chi connectivity index (χ1n) is 7.14. The van der Waals surface area contributed by atoms with Crippen molar-refractivity contribution in [3.05, 3.63) is 41.1 Å². The lowest BCUT2D eigenvalue weighted by Gasteiger charge is -2.10. The van der Waals surface area contributed by atoms with Crippen molar-refractivity contribution in [2.45, 2.75) is 27.0 Å². The second-order valence-electron chi connectivity index (χ2n) is 4.96. The number of methoxy groups -OCH3 is 1. The summed E-state index contributed by atoms with van der Waals surface area (Å²) in [7, 11) is 3.59. The maximum Gasteiger partial charge on any atom is 0.222 e. The molecule has 0 aliphatic carbocycles. The second kappa shape index (κ2) is 7.24. The van der Waals surface area contributed by atoms with Crippen molar-refractivity contribution >= 4 is 0 Å². The summed E-state index contributed by atoms with van der Waals surface area (Å²) in [6.45, 7) is 6.33. The summed E-state index contributed by atoms with van der Waals surface area (Å²) in [6.07, 6.45) is 0. The van der Waals surface area contributed by atoms with Gasteiger partial charge in [-0.1, -0.05) is 19.1 Å². The number of ether oxygens (including phenoxy) is 2. The zero-order chi connectivity index (χ0) is 15.2. The Morgan fingerprint density at radius 3 is 2.86 bits per heavy atom. The van der Waals surface area contributed by atoms with Crippen LogP contribution in [0.5, 0.6) is 11.6 Å². The van der Waals surface area contributed by atoms with Crippen LogP contribution in [-0.4, -0.2) is 23.4 Å². The molecule has 2 aromatic rings. The van der Waals surface area contributed by atoms with Crippen LogP contribution in [0.3, 0.4) is 0 Å². The van der Waals surface area contributed by atoms with E-state index >= 15 is 0 Å². The minimum atomic E-state index is 0.575. The summed E-state index contributed by atoms with van der Waals surface area (Å²) in [5, 5.41) is 7.77. The number of nitrogens with zero attached hydrogens (tertiary/aromatic N) is 2. The largest absolute Gasteiger partial charge is 0.439 e. The first-order chi connectivity index (χ1) is 10.2. The molecule has 0 saturated carbocycles. The number of aromatic nitrogens is 2. The summed E-state index contributed by atoms with van der Waals surface area (Å²) in [5.74, 6) is 1.58. The monoisotopic (exact) mass is 289 g/mol. The lowest BCUT2D eigenvalue weighted by atomic mass is 10.2. The first kappa shape index (κ1) is 15.5. The molecule has 0 amide bonds. The molecular formula is C16H23N3O2. The molecule has 1 heterocycles. The van der Waals surface area contributed by atoms with Crippen molar-refractivity contribution in [3.8, 4) is 11.6 Å². The molecule has 0 fully saturated rings. The Kier molecular flexibility index (Phi) is 5.36. The Bertz CT molecular complexity index is 593. The van der Waals surface area contributed by atoms with Crippen molar-refractivity contribution in [2.24, 2.45) is 7.05 Å². The molecule has 0 radical (unpaired) electrons. The number of aryl methyl sites for hydroxylation is 2. The van der Waals surface area contributed by atoms with E-state index in [1.165, 1.54) is 0 Å². The molecule has 0 atom stereocenters. The van der Waals surface area contributed by atoms with Gasteiger partial charge in [0.15, 0.2) is 0 Å². The number of hydrogen-bond donors (Lipinski definition) is 1. The van der Waals surface area contributed by atoms with Crippen LogP contribution in [-0.2, 0) is 24.9 Å². The predicted octanol–water partition coefficient (Wildman–Crippen LogP) is 2.78. The summed E-state index contributed by atoms with van der Waals surface area (Å²) in [5.41, 5.74) is 3.17. The number of nitrogens with one attached hydrogen (secondary N) is 1. The zero-order valence-corrected chi connectivity index (χ0v) is 13.1. The highest BCUT2D eigenvalue weighted by atomic mass is 16.5. The molecule has 0 aliphatic rings. The zero-order valence-electron chi connectivity index (χ0n) is 13.1. The SMILES string of the molecule is CCNCc1c(C)nn(C)c1Oc1cccc(COC)c1. The second-order valence-corrected chi connectivity index (χ2v) is 4.96. The summed E-state index contributed by atoms with van der Waals surface area (Å²) >= 11 is 0. The van der Waals surface area contributed by atoms with E-state index in [2.05, 4.69) is 17.3 Å². The Hall–Kier alpha value is -1.85. The van der Waals surface area contributed by atoms with Gasteiger partial charge in [0, 0.05) is 20.7 Å². The van der Waals surface area contributed by atoms with Gasteiger partial charge in [-0.2, -0.15) is 5.10 Å². The molecule has 1 N–H and O–H groups in total. The van der Waals surface area contributed by atoms with Crippen LogP contribution >= 0.6 is 0 Å². The maximum absolute atomic E-state index is 6.05. The van der Waals surface area contributed by atoms with Crippen LogP contribution in [0.1, 0.15) is 23.7 Å². The van der Waals surface area contributed by atoms with E-state index in [0.717, 1.165) is 41.5 Å². The highest BCUT2D eigenvalue weighted by Gasteiger charge is 2.15. The summed E-state index contributed by atoms with van der Waals surface area (Å²) in [6, 6.07) is 7.92. The Morgan fingerprint density at radius 1 is 1.33 bits per heavy atom. The van der Waals surface area contributed by atoms with Gasteiger partial charge in [0.05, 0.1) is 17.9 Å². The highest BCUT2D eigenvalue weighted by molar-refractivity contribution is 5.37. The van der Waals surface area contributed by atoms with E-state index in [4.69, 9.17) is 9.47 Å². The smallest absolute Gasteiger partial charge is 0.222 e. The normalized spacial score (nSPS) is 10.9. The van der Waals surface area contributed by atoms with Crippen LogP contribution in [0.4, 0.5) is 0 Å². The van der Waals surface area contributed by atoms with Crippen LogP contribution in [0, 0.1) is 6.92 Å². The van der Waals surface area contributed by atoms with Gasteiger partial charge in [-0.15, -0.1) is 0 Å². The van der Waals surface area contributed by atoms with E-state index in [1.807, 2.05) is 38.2 Å². The summed E-state index contributed by atoms with van der Waals surface area (Å²) < 4.78 is 13.0. The highest BCUT2D eigenvalue weighted by Crippen LogP contribution is 2.27. The molecule has 0 unspecified atom stereocenters. The molecule has 1 aromatic carbocycles. The molecule has 114 valence electrons. The summed E-state index contributed by atoms with van der Waals surface area (Å²) in [4.78, 5) is 0. The van der Waals surface area contributed by atoms with Crippen LogP contribution in [0.15, 0.2) is 24.3 Å². The van der Waals surface area contributed by atoms with Crippen molar-refractivity contribution < 1.29 is 9.47 Å². The van der Waals surface area contributed by atoms with Gasteiger partial charge in [-0.05, 0) is 31.2 Å². The fourth-order valence-corrected chi connectivity index (χ4v) is 2.24. The van der Waals surface area contributed by atoms with Crippen molar-refractivity contribution in [1.82, 2.24) is 15.1 Å². The van der Waals surface area contributed by atoms with Crippen molar-refractivity contribution in [2.75, 3.05) is 13.7 Å². The third kappa shape index (κ3) is 3.83. The molecule has 2 rings (SSSR count). The van der Waals surface area contributed by atoms with Gasteiger partial charge in [-0.3, -0.25) is 0 Å². The molecule has 21 heavy (non-hydrogen) atoms. The van der Waals surface area contributed by atoms with Gasteiger partial charge >= 0.3 is 0 Å². The van der Waals surface area contributed by atoms with E-state index in [0.29, 0.717) is 6.61 Å². The fraction of sp³-hybridized carbons (Fsp3) is 0.438. The van der Waals surface area contributed by atoms with Crippen molar-refractivity contribution in [3.63, 3.8) is 0 Å². The van der Waals surface area contributed by atoms with E-state index in [1.54, 1.807) is 11.8 Å². The molecule has 0 bridgehead atoms. The topological polar surface area (TPSA) is 48.3 Å². The molecule has 0 aliphatic heterocycles. The molecule has 0 saturated heterocycles. The predicted molar refractivity (Wildman–Crippen MR) is 82.6 cm³/mol. The van der Waals surface area contributed by atoms with Crippen LogP contribution < -0.4 is 10.1 Å². The number of benzene rings is 1. The minimum absolute atomic E-state index is 0.575. The van der Waals surface area contributed by atoms with Crippen LogP contribution in [0.2, 0.25) is 0 Å². The van der Waals surface area contributed by atoms with E-state index < -0.39 is 0 Å². The Labute approximate surface area is 125 Å². The molecule has 5 nitrogen and oxygen atoms in total. The lowest BCUT2D eigenvalue weighted by Crippen LogP contribution is -2.12. The van der Waals surface area contributed by atoms with E-state index in [9.17, 15) is 0 Å². The van der Waals surface area contributed by atoms with Crippen molar-refractivity contribution in [1.29, 1.82) is 0 Å². The Balaban J connectivity index is 2.24. The van der Waals surface area contributed by atoms with Gasteiger partial charge in [0.1, 0.15) is 5.75 Å². The van der Waals surface area contributed by atoms with E-state index in [-0.39, 0.29) is 0 Å². The maximum atomic E-state index is 6.05. The molecule has 1 aromatic heterocycles. The average Bonchev–Trinajstić information content (AvgIpc) is 2.72. The van der Waals surface area contributed by atoms with Gasteiger partial charge in [0.2, 0.25) is 5.88 Å². The number of hydrogen-bond acceptors (Lipinski definition) is 4. The number of rotatable bonds is 7. The first-order valence-corrected chi connectivity index (χ1v) is 7.14. The van der Waals surface area contributed by atoms with Gasteiger partial charge in [0.25, 0.3) is 0 Å². The Morgan fingerprint density at radius 2 is 2.14 bits per heavy atom. The molecule has 5 heteroatoms. The van der Waals surface area contributed by atoms with Gasteiger partial charge in [-0.25, -0.2) is 4.68 Å². The minimum Gasteiger partial charge on any atom is -0.439 e. The lowest BCUT2D eigenvalue weighted by molar-refractivity contribution is 0.184. The third-order valence-corrected chi connectivity index (χ3v) is 3.26. The standard InChI is InChI=1S/C16H23N3O2/c1-5-17-10-15-12(2)18-19(3)16(15)21-14-8-6-7-13(9-14)11-20-4/h6-9,17H,5,10-11H2,1-4H3. The average molecular weight is 289 g/mol.